The average Bonchev–Trinajstić information content (AvgIpc) is 3.22. The van der Waals surface area contributed by atoms with Gasteiger partial charge in [0, 0.05) is 0 Å². The quantitative estimate of drug-likeness (QED) is 0.561. The lowest BCUT2D eigenvalue weighted by Crippen LogP contribution is -2.34. The highest BCUT2D eigenvalue weighted by Crippen LogP contribution is 2.28. The number of sulfonamides is 1. The molecule has 0 radical (unpaired) electrons. The van der Waals surface area contributed by atoms with Gasteiger partial charge in [-0.2, -0.15) is 0 Å². The van der Waals surface area contributed by atoms with E-state index in [2.05, 4.69) is 0 Å². The Morgan fingerprint density at radius 3 is 2.37 bits per heavy atom. The van der Waals surface area contributed by atoms with Crippen LogP contribution >= 0.6 is 11.3 Å². The SMILES string of the molecule is COc1ccc(N(CCOc2ccccc2C)S(=O)(=O)c2cccs2)cc1. The fourth-order valence-corrected chi connectivity index (χ4v) is 5.17. The molecule has 1 aromatic heterocycles. The zero-order valence-electron chi connectivity index (χ0n) is 15.2. The molecular weight excluding hydrogens is 382 g/mol. The summed E-state index contributed by atoms with van der Waals surface area (Å²) >= 11 is 1.20. The number of ether oxygens (including phenoxy) is 2. The molecule has 0 fully saturated rings. The summed E-state index contributed by atoms with van der Waals surface area (Å²) in [5.41, 5.74) is 1.58. The molecule has 5 nitrogen and oxygen atoms in total. The molecule has 0 aliphatic heterocycles. The summed E-state index contributed by atoms with van der Waals surface area (Å²) in [6, 6.07) is 18.0. The van der Waals surface area contributed by atoms with Gasteiger partial charge >= 0.3 is 0 Å². The number of rotatable bonds is 8. The average molecular weight is 404 g/mol. The maximum Gasteiger partial charge on any atom is 0.273 e. The molecule has 0 atom stereocenters. The topological polar surface area (TPSA) is 55.8 Å². The monoisotopic (exact) mass is 403 g/mol. The first-order valence-corrected chi connectivity index (χ1v) is 10.7. The van der Waals surface area contributed by atoms with E-state index in [0.29, 0.717) is 15.6 Å². The Hall–Kier alpha value is -2.51. The maximum atomic E-state index is 13.1. The number of hydrogen-bond acceptors (Lipinski definition) is 5. The third-order valence-electron chi connectivity index (χ3n) is 4.05. The van der Waals surface area contributed by atoms with Crippen LogP contribution in [-0.2, 0) is 10.0 Å². The summed E-state index contributed by atoms with van der Waals surface area (Å²) < 4.78 is 38.9. The second-order valence-corrected chi connectivity index (χ2v) is 8.86. The zero-order valence-corrected chi connectivity index (χ0v) is 16.8. The van der Waals surface area contributed by atoms with Crippen molar-refractivity contribution in [3.05, 3.63) is 71.6 Å². The van der Waals surface area contributed by atoms with Gasteiger partial charge in [-0.05, 0) is 54.3 Å². The van der Waals surface area contributed by atoms with E-state index in [1.54, 1.807) is 48.9 Å². The van der Waals surface area contributed by atoms with Crippen LogP contribution in [-0.4, -0.2) is 28.7 Å². The van der Waals surface area contributed by atoms with Crippen molar-refractivity contribution < 1.29 is 17.9 Å². The van der Waals surface area contributed by atoms with E-state index in [1.807, 2.05) is 31.2 Å². The van der Waals surface area contributed by atoms with Crippen molar-refractivity contribution in [3.63, 3.8) is 0 Å². The number of methoxy groups -OCH3 is 1. The minimum absolute atomic E-state index is 0.195. The number of aryl methyl sites for hydroxylation is 1. The first-order chi connectivity index (χ1) is 13.0. The maximum absolute atomic E-state index is 13.1. The number of para-hydroxylation sites is 1. The van der Waals surface area contributed by atoms with Crippen molar-refractivity contribution in [3.8, 4) is 11.5 Å². The molecular formula is C20H21NO4S2. The summed E-state index contributed by atoms with van der Waals surface area (Å²) in [5, 5.41) is 1.75. The van der Waals surface area contributed by atoms with E-state index in [9.17, 15) is 8.42 Å². The Balaban J connectivity index is 1.84. The van der Waals surface area contributed by atoms with Gasteiger partial charge in [0.05, 0.1) is 19.3 Å². The molecule has 0 spiro atoms. The van der Waals surface area contributed by atoms with Crippen molar-refractivity contribution in [2.24, 2.45) is 0 Å². The number of thiophene rings is 1. The lowest BCUT2D eigenvalue weighted by atomic mass is 10.2. The smallest absolute Gasteiger partial charge is 0.273 e. The molecule has 3 rings (SSSR count). The van der Waals surface area contributed by atoms with Gasteiger partial charge in [-0.1, -0.05) is 24.3 Å². The third kappa shape index (κ3) is 4.43. The third-order valence-corrected chi connectivity index (χ3v) is 7.25. The largest absolute Gasteiger partial charge is 0.497 e. The molecule has 1 heterocycles. The minimum atomic E-state index is -3.66. The van der Waals surface area contributed by atoms with Crippen molar-refractivity contribution in [1.29, 1.82) is 0 Å². The lowest BCUT2D eigenvalue weighted by Gasteiger charge is -2.24. The van der Waals surface area contributed by atoms with Crippen LogP contribution in [0.2, 0.25) is 0 Å². The van der Waals surface area contributed by atoms with Crippen LogP contribution in [0.1, 0.15) is 5.56 Å². The molecule has 0 amide bonds. The molecule has 0 unspecified atom stereocenters. The second-order valence-electron chi connectivity index (χ2n) is 5.82. The second kappa shape index (κ2) is 8.45. The Bertz CT molecular complexity index is 967. The van der Waals surface area contributed by atoms with E-state index in [0.717, 1.165) is 11.3 Å². The Morgan fingerprint density at radius 2 is 1.74 bits per heavy atom. The molecule has 2 aromatic carbocycles. The molecule has 0 saturated heterocycles. The van der Waals surface area contributed by atoms with Gasteiger partial charge in [0.2, 0.25) is 0 Å². The van der Waals surface area contributed by atoms with E-state index in [-0.39, 0.29) is 13.2 Å². The molecule has 0 aliphatic carbocycles. The van der Waals surface area contributed by atoms with Gasteiger partial charge in [0.25, 0.3) is 10.0 Å². The van der Waals surface area contributed by atoms with E-state index >= 15 is 0 Å². The van der Waals surface area contributed by atoms with Crippen molar-refractivity contribution in [1.82, 2.24) is 0 Å². The van der Waals surface area contributed by atoms with Gasteiger partial charge in [0.1, 0.15) is 22.3 Å². The summed E-state index contributed by atoms with van der Waals surface area (Å²) in [6.07, 6.45) is 0. The van der Waals surface area contributed by atoms with Crippen molar-refractivity contribution in [2.75, 3.05) is 24.6 Å². The summed E-state index contributed by atoms with van der Waals surface area (Å²) in [7, 11) is -2.09. The normalized spacial score (nSPS) is 11.2. The zero-order chi connectivity index (χ0) is 19.3. The first kappa shape index (κ1) is 19.3. The Kier molecular flexibility index (Phi) is 6.03. The van der Waals surface area contributed by atoms with E-state index < -0.39 is 10.0 Å². The number of nitrogens with zero attached hydrogens (tertiary/aromatic N) is 1. The summed E-state index contributed by atoms with van der Waals surface area (Å²) in [6.45, 7) is 2.39. The first-order valence-electron chi connectivity index (χ1n) is 8.41. The fraction of sp³-hybridized carbons (Fsp3) is 0.200. The predicted molar refractivity (Wildman–Crippen MR) is 109 cm³/mol. The fourth-order valence-electron chi connectivity index (χ4n) is 2.61. The molecule has 0 N–H and O–H groups in total. The number of benzene rings is 2. The lowest BCUT2D eigenvalue weighted by molar-refractivity contribution is 0.326. The molecule has 3 aromatic rings. The van der Waals surface area contributed by atoms with Gasteiger partial charge < -0.3 is 9.47 Å². The van der Waals surface area contributed by atoms with Crippen LogP contribution < -0.4 is 13.8 Å². The standard InChI is InChI=1S/C20H21NO4S2/c1-16-6-3-4-7-19(16)25-14-13-21(17-9-11-18(24-2)12-10-17)27(22,23)20-8-5-15-26-20/h3-12,15H,13-14H2,1-2H3. The van der Waals surface area contributed by atoms with E-state index in [4.69, 9.17) is 9.47 Å². The van der Waals surface area contributed by atoms with Gasteiger partial charge in [-0.3, -0.25) is 4.31 Å². The van der Waals surface area contributed by atoms with Gasteiger partial charge in [0.15, 0.2) is 0 Å². The summed E-state index contributed by atoms with van der Waals surface area (Å²) in [5.74, 6) is 1.42. The number of anilines is 1. The highest BCUT2D eigenvalue weighted by Gasteiger charge is 2.26. The van der Waals surface area contributed by atoms with E-state index in [1.165, 1.54) is 15.6 Å². The molecule has 0 bridgehead atoms. The molecule has 27 heavy (non-hydrogen) atoms. The molecule has 0 aliphatic rings. The van der Waals surface area contributed by atoms with Gasteiger partial charge in [-0.25, -0.2) is 8.42 Å². The Morgan fingerprint density at radius 1 is 1.00 bits per heavy atom. The highest BCUT2D eigenvalue weighted by atomic mass is 32.2. The van der Waals surface area contributed by atoms with Crippen LogP contribution in [0.4, 0.5) is 5.69 Å². The van der Waals surface area contributed by atoms with Crippen LogP contribution in [0.15, 0.2) is 70.3 Å². The predicted octanol–water partition coefficient (Wildman–Crippen LogP) is 4.34. The molecule has 142 valence electrons. The van der Waals surface area contributed by atoms with Crippen LogP contribution in [0.5, 0.6) is 11.5 Å². The Labute approximate surface area is 163 Å². The van der Waals surface area contributed by atoms with Crippen LogP contribution in [0.3, 0.4) is 0 Å². The minimum Gasteiger partial charge on any atom is -0.497 e. The van der Waals surface area contributed by atoms with Gasteiger partial charge in [-0.15, -0.1) is 11.3 Å². The van der Waals surface area contributed by atoms with Crippen LogP contribution in [0, 0.1) is 6.92 Å². The van der Waals surface area contributed by atoms with Crippen LogP contribution in [0.25, 0.3) is 0 Å². The van der Waals surface area contributed by atoms with Crippen molar-refractivity contribution >= 4 is 27.0 Å². The van der Waals surface area contributed by atoms with Crippen molar-refractivity contribution in [2.45, 2.75) is 11.1 Å². The molecule has 7 heteroatoms. The molecule has 0 saturated carbocycles. The summed E-state index contributed by atoms with van der Waals surface area (Å²) in [4.78, 5) is 0. The highest BCUT2D eigenvalue weighted by molar-refractivity contribution is 7.94. The number of hydrogen-bond donors (Lipinski definition) is 0.